The van der Waals surface area contributed by atoms with Crippen molar-refractivity contribution >= 4 is 5.69 Å². The van der Waals surface area contributed by atoms with Gasteiger partial charge in [-0.15, -0.1) is 0 Å². The SMILES string of the molecule is CCc1cccc(NC2CCCCC2)c1. The third kappa shape index (κ3) is 2.98. The molecular formula is C14H21N. The molecule has 1 saturated carbocycles. The van der Waals surface area contributed by atoms with Crippen molar-refractivity contribution in [3.8, 4) is 0 Å². The molecule has 1 aromatic rings. The van der Waals surface area contributed by atoms with Crippen LogP contribution in [0.2, 0.25) is 0 Å². The lowest BCUT2D eigenvalue weighted by Crippen LogP contribution is -2.22. The van der Waals surface area contributed by atoms with Gasteiger partial charge in [0.15, 0.2) is 0 Å². The van der Waals surface area contributed by atoms with Gasteiger partial charge in [-0.3, -0.25) is 0 Å². The Bertz CT molecular complexity index is 300. The summed E-state index contributed by atoms with van der Waals surface area (Å²) < 4.78 is 0. The lowest BCUT2D eigenvalue weighted by atomic mass is 9.95. The van der Waals surface area contributed by atoms with Gasteiger partial charge >= 0.3 is 0 Å². The monoisotopic (exact) mass is 203 g/mol. The van der Waals surface area contributed by atoms with Crippen molar-refractivity contribution < 1.29 is 0 Å². The maximum Gasteiger partial charge on any atom is 0.0345 e. The minimum Gasteiger partial charge on any atom is -0.382 e. The van der Waals surface area contributed by atoms with E-state index in [1.165, 1.54) is 43.4 Å². The molecule has 1 nitrogen and oxygen atoms in total. The van der Waals surface area contributed by atoms with E-state index in [2.05, 4.69) is 36.5 Å². The van der Waals surface area contributed by atoms with E-state index < -0.39 is 0 Å². The number of rotatable bonds is 3. The lowest BCUT2D eigenvalue weighted by Gasteiger charge is -2.24. The normalized spacial score (nSPS) is 17.7. The van der Waals surface area contributed by atoms with Crippen LogP contribution in [0.15, 0.2) is 24.3 Å². The quantitative estimate of drug-likeness (QED) is 0.783. The average molecular weight is 203 g/mol. The highest BCUT2D eigenvalue weighted by atomic mass is 14.9. The molecule has 2 rings (SSSR count). The van der Waals surface area contributed by atoms with Gasteiger partial charge in [-0.2, -0.15) is 0 Å². The summed E-state index contributed by atoms with van der Waals surface area (Å²) in [7, 11) is 0. The third-order valence-corrected chi connectivity index (χ3v) is 3.31. The molecule has 0 spiro atoms. The molecule has 0 amide bonds. The van der Waals surface area contributed by atoms with Crippen LogP contribution in [0.5, 0.6) is 0 Å². The van der Waals surface area contributed by atoms with Crippen molar-refractivity contribution in [3.63, 3.8) is 0 Å². The van der Waals surface area contributed by atoms with Crippen LogP contribution in [0.3, 0.4) is 0 Å². The molecule has 0 atom stereocenters. The summed E-state index contributed by atoms with van der Waals surface area (Å²) in [5, 5.41) is 3.66. The van der Waals surface area contributed by atoms with E-state index in [0.29, 0.717) is 6.04 Å². The van der Waals surface area contributed by atoms with Crippen molar-refractivity contribution in [1.29, 1.82) is 0 Å². The first-order chi connectivity index (χ1) is 7.38. The Morgan fingerprint density at radius 1 is 1.20 bits per heavy atom. The Hall–Kier alpha value is -0.980. The highest BCUT2D eigenvalue weighted by Crippen LogP contribution is 2.22. The standard InChI is InChI=1S/C14H21N/c1-2-12-7-6-10-14(11-12)15-13-8-4-3-5-9-13/h6-7,10-11,13,15H,2-5,8-9H2,1H3. The zero-order valence-electron chi connectivity index (χ0n) is 9.63. The molecule has 0 unspecified atom stereocenters. The first-order valence-electron chi connectivity index (χ1n) is 6.24. The minimum atomic E-state index is 0.714. The summed E-state index contributed by atoms with van der Waals surface area (Å²) in [6, 6.07) is 9.55. The highest BCUT2D eigenvalue weighted by Gasteiger charge is 2.12. The van der Waals surface area contributed by atoms with E-state index in [9.17, 15) is 0 Å². The first kappa shape index (κ1) is 10.5. The van der Waals surface area contributed by atoms with Crippen molar-refractivity contribution in [3.05, 3.63) is 29.8 Å². The van der Waals surface area contributed by atoms with Gasteiger partial charge in [0.1, 0.15) is 0 Å². The van der Waals surface area contributed by atoms with Gasteiger partial charge in [0.25, 0.3) is 0 Å². The molecule has 0 aromatic heterocycles. The van der Waals surface area contributed by atoms with E-state index in [1.54, 1.807) is 0 Å². The van der Waals surface area contributed by atoms with Crippen LogP contribution in [0.4, 0.5) is 5.69 Å². The largest absolute Gasteiger partial charge is 0.382 e. The predicted octanol–water partition coefficient (Wildman–Crippen LogP) is 3.99. The van der Waals surface area contributed by atoms with Crippen molar-refractivity contribution in [2.45, 2.75) is 51.5 Å². The van der Waals surface area contributed by atoms with Crippen LogP contribution < -0.4 is 5.32 Å². The number of nitrogens with one attached hydrogen (secondary N) is 1. The summed E-state index contributed by atoms with van der Waals surface area (Å²) in [5.74, 6) is 0. The van der Waals surface area contributed by atoms with Crippen molar-refractivity contribution in [1.82, 2.24) is 0 Å². The fourth-order valence-corrected chi connectivity index (χ4v) is 2.36. The summed E-state index contributed by atoms with van der Waals surface area (Å²) in [4.78, 5) is 0. The van der Waals surface area contributed by atoms with E-state index in [1.807, 2.05) is 0 Å². The predicted molar refractivity (Wildman–Crippen MR) is 66.3 cm³/mol. The van der Waals surface area contributed by atoms with Gasteiger partial charge in [0.2, 0.25) is 0 Å². The molecule has 15 heavy (non-hydrogen) atoms. The number of anilines is 1. The van der Waals surface area contributed by atoms with Crippen LogP contribution in [-0.4, -0.2) is 6.04 Å². The van der Waals surface area contributed by atoms with Gasteiger partial charge in [-0.1, -0.05) is 38.3 Å². The molecule has 0 radical (unpaired) electrons. The summed E-state index contributed by atoms with van der Waals surface area (Å²) in [6.45, 7) is 2.21. The first-order valence-corrected chi connectivity index (χ1v) is 6.24. The lowest BCUT2D eigenvalue weighted by molar-refractivity contribution is 0.463. The van der Waals surface area contributed by atoms with Crippen molar-refractivity contribution in [2.75, 3.05) is 5.32 Å². The van der Waals surface area contributed by atoms with E-state index in [4.69, 9.17) is 0 Å². The average Bonchev–Trinajstić information content (AvgIpc) is 2.31. The van der Waals surface area contributed by atoms with E-state index >= 15 is 0 Å². The summed E-state index contributed by atoms with van der Waals surface area (Å²) in [6.07, 6.45) is 8.02. The van der Waals surface area contributed by atoms with Crippen LogP contribution >= 0.6 is 0 Å². The maximum atomic E-state index is 3.66. The molecule has 1 aliphatic carbocycles. The van der Waals surface area contributed by atoms with Gasteiger partial charge in [-0.05, 0) is 37.0 Å². The molecule has 82 valence electrons. The number of hydrogen-bond donors (Lipinski definition) is 1. The van der Waals surface area contributed by atoms with Gasteiger partial charge in [-0.25, -0.2) is 0 Å². The molecule has 1 N–H and O–H groups in total. The number of benzene rings is 1. The van der Waals surface area contributed by atoms with Crippen LogP contribution in [0, 0.1) is 0 Å². The maximum absolute atomic E-state index is 3.66. The molecule has 0 bridgehead atoms. The van der Waals surface area contributed by atoms with Crippen molar-refractivity contribution in [2.24, 2.45) is 0 Å². The number of hydrogen-bond acceptors (Lipinski definition) is 1. The molecule has 0 saturated heterocycles. The highest BCUT2D eigenvalue weighted by molar-refractivity contribution is 5.46. The fraction of sp³-hybridized carbons (Fsp3) is 0.571. The molecule has 0 aliphatic heterocycles. The second kappa shape index (κ2) is 5.20. The zero-order chi connectivity index (χ0) is 10.5. The Morgan fingerprint density at radius 3 is 2.73 bits per heavy atom. The topological polar surface area (TPSA) is 12.0 Å². The Balaban J connectivity index is 1.96. The molecule has 1 aromatic carbocycles. The summed E-state index contributed by atoms with van der Waals surface area (Å²) >= 11 is 0. The third-order valence-electron chi connectivity index (χ3n) is 3.31. The Morgan fingerprint density at radius 2 is 2.00 bits per heavy atom. The van der Waals surface area contributed by atoms with E-state index in [-0.39, 0.29) is 0 Å². The summed E-state index contributed by atoms with van der Waals surface area (Å²) in [5.41, 5.74) is 2.73. The molecule has 1 fully saturated rings. The van der Waals surface area contributed by atoms with Gasteiger partial charge in [0, 0.05) is 11.7 Å². The zero-order valence-corrected chi connectivity index (χ0v) is 9.63. The van der Waals surface area contributed by atoms with Crippen LogP contribution in [0.1, 0.15) is 44.6 Å². The van der Waals surface area contributed by atoms with Crippen LogP contribution in [-0.2, 0) is 6.42 Å². The molecule has 1 heteroatoms. The van der Waals surface area contributed by atoms with Gasteiger partial charge < -0.3 is 5.32 Å². The van der Waals surface area contributed by atoms with E-state index in [0.717, 1.165) is 6.42 Å². The smallest absolute Gasteiger partial charge is 0.0345 e. The second-order valence-corrected chi connectivity index (χ2v) is 4.53. The molecule has 1 aliphatic rings. The second-order valence-electron chi connectivity index (χ2n) is 4.53. The Labute approximate surface area is 92.9 Å². The van der Waals surface area contributed by atoms with Gasteiger partial charge in [0.05, 0.1) is 0 Å². The molecule has 0 heterocycles. The minimum absolute atomic E-state index is 0.714. The molecular weight excluding hydrogens is 182 g/mol. The fourth-order valence-electron chi connectivity index (χ4n) is 2.36. The van der Waals surface area contributed by atoms with Crippen LogP contribution in [0.25, 0.3) is 0 Å². The number of aryl methyl sites for hydroxylation is 1. The Kier molecular flexibility index (Phi) is 3.65.